The Kier molecular flexibility index (Phi) is 23.3. The second-order valence-corrected chi connectivity index (χ2v) is 23.6. The number of carbonyl (C=O) groups is 4. The zero-order valence-electron chi connectivity index (χ0n) is 43.1. The number of aliphatic carboxylic acids is 1. The van der Waals surface area contributed by atoms with Crippen molar-refractivity contribution >= 4 is 73.1 Å². The standard InChI is InChI=1S/C53H73N5O14S3/c1-52(2)41-37-39(73-72-71-64)27-29-44(41)57-34-19-9-13-25-49(60)56-43(51(63)55-33-17-8-14-26-50(61)62)21-15-18-32-54-48(59)24-12-7-16-31-53(3)42-38-40(75(68,69)70)28-30-45(42)58(35-20-36-74(65,66)67)47(53)23-11-6-4-5-10-22-46(52)57/h4-6,10-11,22-23,27-30,37-38,43H,7-9,12-21,24-26,31-36H2,1-3H3,(H6-,54,55,56,59,60,61,62,63,64,65,66,67,68,69,70). The van der Waals surface area contributed by atoms with Crippen molar-refractivity contribution in [3.63, 3.8) is 0 Å². The molecule has 0 radical (unpaired) electrons. The average Bonchev–Trinajstić information content (AvgIpc) is 3.70. The number of nitrogens with zero attached hydrogens (tertiary/aromatic N) is 2. The molecule has 0 spiro atoms. The maximum absolute atomic E-state index is 13.4. The van der Waals surface area contributed by atoms with Gasteiger partial charge in [-0.15, -0.1) is 0 Å². The summed E-state index contributed by atoms with van der Waals surface area (Å²) in [6.07, 6.45) is 21.5. The number of fused-ring (bicyclic) bond motifs is 5. The second kappa shape index (κ2) is 28.8. The average molecular weight is 1100 g/mol. The highest BCUT2D eigenvalue weighted by molar-refractivity contribution is 7.94. The van der Waals surface area contributed by atoms with Gasteiger partial charge in [0.1, 0.15) is 12.6 Å². The lowest BCUT2D eigenvalue weighted by molar-refractivity contribution is -0.777. The van der Waals surface area contributed by atoms with Crippen molar-refractivity contribution in [3.05, 3.63) is 95.8 Å². The molecule has 5 rings (SSSR count). The molecule has 0 bridgehead atoms. The normalized spacial score (nSPS) is 22.7. The SMILES string of the molecule is CC1(C)C2=[N+](CCCCCC(=O)NC(C(=O)NCCCCCC(=O)O)CCCCNC(=O)CCCCCC3(C)/C(=C/C=C/C=C/C=C/2)N(CCCS(=O)(=O)O)c2ccc(S(=O)(=O)O)cc23)c2ccc(SOO[O-])cc21. The van der Waals surface area contributed by atoms with Gasteiger partial charge in [0.25, 0.3) is 20.2 Å². The molecule has 0 fully saturated rings. The monoisotopic (exact) mass is 1100 g/mol. The minimum atomic E-state index is -4.59. The van der Waals surface area contributed by atoms with Gasteiger partial charge in [0.15, 0.2) is 5.71 Å². The number of hydrogen-bond acceptors (Lipinski definition) is 13. The quantitative estimate of drug-likeness (QED) is 0.0257. The van der Waals surface area contributed by atoms with Crippen molar-refractivity contribution in [2.75, 3.05) is 36.8 Å². The number of nitrogens with one attached hydrogen (secondary N) is 3. The lowest BCUT2D eigenvalue weighted by atomic mass is 9.77. The van der Waals surface area contributed by atoms with Crippen molar-refractivity contribution in [2.24, 2.45) is 0 Å². The molecule has 75 heavy (non-hydrogen) atoms. The first-order valence-electron chi connectivity index (χ1n) is 25.7. The fraction of sp³-hybridized carbons (Fsp3) is 0.528. The smallest absolute Gasteiger partial charge is 0.303 e. The topological polar surface area (TPSA) is 281 Å². The summed E-state index contributed by atoms with van der Waals surface area (Å²) in [6.45, 7) is 7.71. The first kappa shape index (κ1) is 60.7. The van der Waals surface area contributed by atoms with E-state index in [4.69, 9.17) is 5.11 Å². The minimum absolute atomic E-state index is 0.0552. The fourth-order valence-corrected chi connectivity index (χ4v) is 11.4. The molecule has 6 N–H and O–H groups in total. The van der Waals surface area contributed by atoms with E-state index in [0.717, 1.165) is 47.5 Å². The Hall–Kier alpha value is -5.20. The summed E-state index contributed by atoms with van der Waals surface area (Å²) in [5, 5.41) is 32.0. The second-order valence-electron chi connectivity index (χ2n) is 19.9. The zero-order valence-corrected chi connectivity index (χ0v) is 45.5. The molecule has 0 saturated carbocycles. The maximum Gasteiger partial charge on any atom is 0.303 e. The number of carbonyl (C=O) groups excluding carboxylic acids is 3. The van der Waals surface area contributed by atoms with Crippen LogP contribution in [0.5, 0.6) is 0 Å². The lowest BCUT2D eigenvalue weighted by Gasteiger charge is -2.30. The van der Waals surface area contributed by atoms with Crippen molar-refractivity contribution in [2.45, 2.75) is 157 Å². The number of carboxylic acid groups (broad SMARTS) is 1. The summed E-state index contributed by atoms with van der Waals surface area (Å²) in [5.74, 6) is -2.05. The number of rotatable bonds is 15. The minimum Gasteiger partial charge on any atom is -0.691 e. The van der Waals surface area contributed by atoms with Gasteiger partial charge in [-0.2, -0.15) is 25.7 Å². The van der Waals surface area contributed by atoms with Crippen molar-refractivity contribution in [1.29, 1.82) is 0 Å². The van der Waals surface area contributed by atoms with Crippen LogP contribution in [0.1, 0.15) is 141 Å². The van der Waals surface area contributed by atoms with E-state index >= 15 is 0 Å². The molecule has 0 aliphatic carbocycles. The van der Waals surface area contributed by atoms with Gasteiger partial charge in [-0.25, -0.2) is 0 Å². The molecule has 3 heterocycles. The van der Waals surface area contributed by atoms with E-state index in [1.54, 1.807) is 6.07 Å². The molecule has 3 aliphatic heterocycles. The number of benzene rings is 2. The first-order valence-corrected chi connectivity index (χ1v) is 29.5. The molecule has 3 aliphatic rings. The third-order valence-electron chi connectivity index (χ3n) is 13.9. The zero-order chi connectivity index (χ0) is 54.7. The Bertz CT molecular complexity index is 2720. The molecule has 19 nitrogen and oxygen atoms in total. The van der Waals surface area contributed by atoms with E-state index in [1.807, 2.05) is 72.6 Å². The third-order valence-corrected chi connectivity index (χ3v) is 16.1. The van der Waals surface area contributed by atoms with Crippen molar-refractivity contribution in [1.82, 2.24) is 16.0 Å². The van der Waals surface area contributed by atoms with Crippen LogP contribution in [0.25, 0.3) is 0 Å². The molecule has 0 saturated heterocycles. The lowest BCUT2D eigenvalue weighted by Crippen LogP contribution is -2.47. The number of unbranched alkanes of at least 4 members (excludes halogenated alkanes) is 2. The van der Waals surface area contributed by atoms with Crippen LogP contribution in [-0.4, -0.2) is 103 Å². The van der Waals surface area contributed by atoms with Gasteiger partial charge in [-0.05, 0) is 127 Å². The Morgan fingerprint density at radius 2 is 1.59 bits per heavy atom. The highest BCUT2D eigenvalue weighted by atomic mass is 32.2. The molecule has 2 atom stereocenters. The van der Waals surface area contributed by atoms with Crippen LogP contribution in [0.15, 0.2) is 94.4 Å². The molecule has 2 aromatic rings. The molecular formula is C53H73N5O14S3. The molecule has 0 aromatic heterocycles. The van der Waals surface area contributed by atoms with Crippen molar-refractivity contribution < 1.29 is 69.4 Å². The molecular weight excluding hydrogens is 1030 g/mol. The fourth-order valence-electron chi connectivity index (χ4n) is 10.00. The summed E-state index contributed by atoms with van der Waals surface area (Å²) in [4.78, 5) is 52.9. The van der Waals surface area contributed by atoms with E-state index in [2.05, 4.69) is 43.7 Å². The van der Waals surface area contributed by atoms with Crippen LogP contribution in [0, 0.1) is 0 Å². The van der Waals surface area contributed by atoms with E-state index in [1.165, 1.54) is 12.1 Å². The van der Waals surface area contributed by atoms with Gasteiger partial charge in [-0.1, -0.05) is 49.6 Å². The molecule has 412 valence electrons. The third kappa shape index (κ3) is 18.2. The van der Waals surface area contributed by atoms with Gasteiger partial charge in [-0.3, -0.25) is 33.3 Å². The number of amides is 3. The largest absolute Gasteiger partial charge is 0.691 e. The van der Waals surface area contributed by atoms with E-state index in [0.29, 0.717) is 106 Å². The van der Waals surface area contributed by atoms with E-state index in [-0.39, 0.29) is 54.8 Å². The number of carboxylic acids is 1. The van der Waals surface area contributed by atoms with Crippen molar-refractivity contribution in [3.8, 4) is 0 Å². The Morgan fingerprint density at radius 1 is 0.853 bits per heavy atom. The number of anilines is 1. The Morgan fingerprint density at radius 3 is 2.32 bits per heavy atom. The first-order chi connectivity index (χ1) is 35.7. The molecule has 22 heteroatoms. The number of hydrogen-bond donors (Lipinski definition) is 6. The number of allylic oxidation sites excluding steroid dienone is 8. The van der Waals surface area contributed by atoms with Gasteiger partial charge >= 0.3 is 5.97 Å². The van der Waals surface area contributed by atoms with Crippen LogP contribution in [0.4, 0.5) is 11.4 Å². The Labute approximate surface area is 445 Å². The van der Waals surface area contributed by atoms with Crippen LogP contribution >= 0.6 is 12.0 Å². The summed E-state index contributed by atoms with van der Waals surface area (Å²) in [6, 6.07) is 9.33. The highest BCUT2D eigenvalue weighted by Gasteiger charge is 2.45. The summed E-state index contributed by atoms with van der Waals surface area (Å²) < 4.78 is 75.0. The van der Waals surface area contributed by atoms with Crippen LogP contribution in [-0.2, 0) is 59.6 Å². The Balaban J connectivity index is 1.43. The summed E-state index contributed by atoms with van der Waals surface area (Å²) >= 11 is 0.813. The predicted octanol–water partition coefficient (Wildman–Crippen LogP) is 7.21. The van der Waals surface area contributed by atoms with Crippen LogP contribution in [0.3, 0.4) is 0 Å². The van der Waals surface area contributed by atoms with Gasteiger partial charge in [0.05, 0.1) is 28.1 Å². The highest BCUT2D eigenvalue weighted by Crippen LogP contribution is 2.51. The van der Waals surface area contributed by atoms with Gasteiger partial charge in [0, 0.05) is 84.7 Å². The molecule has 3 amide bonds. The van der Waals surface area contributed by atoms with Crippen LogP contribution in [0.2, 0.25) is 0 Å². The molecule has 2 unspecified atom stereocenters. The maximum atomic E-state index is 13.4. The van der Waals surface area contributed by atoms with E-state index < -0.39 is 48.8 Å². The van der Waals surface area contributed by atoms with E-state index in [9.17, 15) is 50.4 Å². The van der Waals surface area contributed by atoms with Gasteiger partial charge in [0.2, 0.25) is 23.4 Å². The summed E-state index contributed by atoms with van der Waals surface area (Å²) in [5.41, 5.74) is 3.71. The molecule has 2 aromatic carbocycles. The predicted molar refractivity (Wildman–Crippen MR) is 284 cm³/mol. The summed E-state index contributed by atoms with van der Waals surface area (Å²) in [7, 11) is -8.86. The van der Waals surface area contributed by atoms with Gasteiger partial charge < -0.3 is 31.2 Å². The van der Waals surface area contributed by atoms with Crippen LogP contribution < -0.4 is 26.1 Å².